The van der Waals surface area contributed by atoms with Crippen molar-refractivity contribution in [1.29, 1.82) is 0 Å². The van der Waals surface area contributed by atoms with Gasteiger partial charge in [0.1, 0.15) is 0 Å². The van der Waals surface area contributed by atoms with Gasteiger partial charge in [0, 0.05) is 31.6 Å². The number of likely N-dealkylation sites (tertiary alicyclic amines) is 1. The molecule has 2 heterocycles. The van der Waals surface area contributed by atoms with Crippen LogP contribution in [0, 0.1) is 11.3 Å². The van der Waals surface area contributed by atoms with Crippen LogP contribution in [-0.4, -0.2) is 52.3 Å². The number of aromatic carboxylic acids is 1. The molecule has 0 aromatic heterocycles. The van der Waals surface area contributed by atoms with Crippen molar-refractivity contribution in [3.8, 4) is 0 Å². The van der Waals surface area contributed by atoms with Gasteiger partial charge in [0.05, 0.1) is 11.5 Å². The van der Waals surface area contributed by atoms with E-state index in [2.05, 4.69) is 0 Å². The van der Waals surface area contributed by atoms with Crippen molar-refractivity contribution in [2.24, 2.45) is 11.3 Å². The third-order valence-electron chi connectivity index (χ3n) is 5.48. The van der Waals surface area contributed by atoms with Crippen molar-refractivity contribution in [3.63, 3.8) is 0 Å². The predicted octanol–water partition coefficient (Wildman–Crippen LogP) is 2.55. The van der Waals surface area contributed by atoms with E-state index in [0.717, 1.165) is 30.4 Å². The monoisotopic (exact) mass is 372 g/mol. The average Bonchev–Trinajstić information content (AvgIpc) is 2.65. The fourth-order valence-corrected chi connectivity index (χ4v) is 3.97. The van der Waals surface area contributed by atoms with Crippen LogP contribution in [0.4, 0.5) is 0 Å². The van der Waals surface area contributed by atoms with Crippen molar-refractivity contribution in [2.45, 2.75) is 46.6 Å². The Bertz CT molecular complexity index is 766. The summed E-state index contributed by atoms with van der Waals surface area (Å²) in [6, 6.07) is 5.15. The van der Waals surface area contributed by atoms with E-state index in [4.69, 9.17) is 0 Å². The topological polar surface area (TPSA) is 77.9 Å². The van der Waals surface area contributed by atoms with E-state index in [-0.39, 0.29) is 23.3 Å². The number of piperidine rings is 1. The number of carbonyl (C=O) groups is 3. The average molecular weight is 372 g/mol. The molecule has 0 bridgehead atoms. The van der Waals surface area contributed by atoms with Gasteiger partial charge < -0.3 is 14.9 Å². The number of nitrogens with zero attached hydrogens (tertiary/aromatic N) is 2. The molecule has 2 aliphatic heterocycles. The number of carbonyl (C=O) groups excluding carboxylic acids is 2. The summed E-state index contributed by atoms with van der Waals surface area (Å²) in [7, 11) is 0. The van der Waals surface area contributed by atoms with Gasteiger partial charge in [0.15, 0.2) is 0 Å². The van der Waals surface area contributed by atoms with Gasteiger partial charge in [0.2, 0.25) is 11.8 Å². The van der Waals surface area contributed by atoms with Crippen LogP contribution in [0.25, 0.3) is 0 Å². The van der Waals surface area contributed by atoms with Gasteiger partial charge >= 0.3 is 5.97 Å². The standard InChI is InChI=1S/C21H28N2O4/c1-21(2,3)20(27)23-9-4-5-16(12-23)18(24)22-10-8-14-6-7-15(19(25)26)11-17(14)13-22/h6-7,11,16H,4-5,8-10,12-13H2,1-3H3,(H,25,26). The van der Waals surface area contributed by atoms with Crippen LogP contribution in [0.2, 0.25) is 0 Å². The summed E-state index contributed by atoms with van der Waals surface area (Å²) in [4.78, 5) is 40.5. The minimum Gasteiger partial charge on any atom is -0.478 e. The SMILES string of the molecule is CC(C)(C)C(=O)N1CCCC(C(=O)N2CCc3ccc(C(=O)O)cc3C2)C1. The summed E-state index contributed by atoms with van der Waals surface area (Å²) in [5.74, 6) is -0.956. The van der Waals surface area contributed by atoms with E-state index >= 15 is 0 Å². The van der Waals surface area contributed by atoms with Gasteiger partial charge in [-0.2, -0.15) is 0 Å². The molecule has 3 rings (SSSR count). The van der Waals surface area contributed by atoms with Crippen LogP contribution >= 0.6 is 0 Å². The number of fused-ring (bicyclic) bond motifs is 1. The van der Waals surface area contributed by atoms with Crippen LogP contribution in [0.15, 0.2) is 18.2 Å². The summed E-state index contributed by atoms with van der Waals surface area (Å²) < 4.78 is 0. The normalized spacial score (nSPS) is 20.2. The third kappa shape index (κ3) is 4.15. The Kier molecular flexibility index (Phi) is 5.27. The summed E-state index contributed by atoms with van der Waals surface area (Å²) in [6.45, 7) is 7.99. The number of rotatable bonds is 2. The van der Waals surface area contributed by atoms with Gasteiger partial charge in [0.25, 0.3) is 0 Å². The first-order chi connectivity index (χ1) is 12.7. The molecule has 2 amide bonds. The molecule has 0 spiro atoms. The minimum atomic E-state index is -0.954. The van der Waals surface area contributed by atoms with E-state index in [9.17, 15) is 19.5 Å². The van der Waals surface area contributed by atoms with Gasteiger partial charge in [-0.3, -0.25) is 9.59 Å². The fraction of sp³-hybridized carbons (Fsp3) is 0.571. The highest BCUT2D eigenvalue weighted by Gasteiger charge is 2.35. The van der Waals surface area contributed by atoms with Crippen molar-refractivity contribution in [3.05, 3.63) is 34.9 Å². The molecule has 146 valence electrons. The molecule has 1 saturated heterocycles. The lowest BCUT2D eigenvalue weighted by Crippen LogP contribution is -2.50. The quantitative estimate of drug-likeness (QED) is 0.865. The molecule has 1 unspecified atom stereocenters. The number of carboxylic acids is 1. The lowest BCUT2D eigenvalue weighted by atomic mass is 9.90. The summed E-state index contributed by atoms with van der Waals surface area (Å²) >= 11 is 0. The molecular weight excluding hydrogens is 344 g/mol. The summed E-state index contributed by atoms with van der Waals surface area (Å²) in [6.07, 6.45) is 2.37. The fourth-order valence-electron chi connectivity index (χ4n) is 3.97. The highest BCUT2D eigenvalue weighted by Crippen LogP contribution is 2.27. The largest absolute Gasteiger partial charge is 0.478 e. The second-order valence-corrected chi connectivity index (χ2v) is 8.64. The molecule has 2 aliphatic rings. The van der Waals surface area contributed by atoms with E-state index in [1.54, 1.807) is 12.1 Å². The van der Waals surface area contributed by atoms with Crippen molar-refractivity contribution in [2.75, 3.05) is 19.6 Å². The number of amides is 2. The minimum absolute atomic E-state index is 0.0767. The Morgan fingerprint density at radius 1 is 1.07 bits per heavy atom. The van der Waals surface area contributed by atoms with Crippen molar-refractivity contribution < 1.29 is 19.5 Å². The summed E-state index contributed by atoms with van der Waals surface area (Å²) in [5.41, 5.74) is 1.83. The van der Waals surface area contributed by atoms with Crippen LogP contribution in [0.5, 0.6) is 0 Å². The molecule has 1 fully saturated rings. The third-order valence-corrected chi connectivity index (χ3v) is 5.48. The maximum atomic E-state index is 13.1. The number of benzene rings is 1. The molecule has 1 aromatic carbocycles. The van der Waals surface area contributed by atoms with Gasteiger partial charge in [-0.05, 0) is 42.5 Å². The molecule has 1 aromatic rings. The Hall–Kier alpha value is -2.37. The van der Waals surface area contributed by atoms with Crippen LogP contribution in [-0.2, 0) is 22.6 Å². The van der Waals surface area contributed by atoms with E-state index < -0.39 is 11.4 Å². The zero-order valence-corrected chi connectivity index (χ0v) is 16.3. The van der Waals surface area contributed by atoms with Crippen LogP contribution in [0.3, 0.4) is 0 Å². The highest BCUT2D eigenvalue weighted by atomic mass is 16.4. The second-order valence-electron chi connectivity index (χ2n) is 8.64. The van der Waals surface area contributed by atoms with Crippen molar-refractivity contribution >= 4 is 17.8 Å². The Balaban J connectivity index is 1.70. The van der Waals surface area contributed by atoms with Gasteiger partial charge in [-0.1, -0.05) is 26.8 Å². The second kappa shape index (κ2) is 7.33. The predicted molar refractivity (Wildman–Crippen MR) is 101 cm³/mol. The maximum absolute atomic E-state index is 13.1. The first kappa shape index (κ1) is 19.4. The van der Waals surface area contributed by atoms with Crippen molar-refractivity contribution in [1.82, 2.24) is 9.80 Å². The van der Waals surface area contributed by atoms with E-state index in [1.807, 2.05) is 36.6 Å². The van der Waals surface area contributed by atoms with E-state index in [0.29, 0.717) is 26.2 Å². The molecule has 0 saturated carbocycles. The smallest absolute Gasteiger partial charge is 0.335 e. The van der Waals surface area contributed by atoms with Gasteiger partial charge in [-0.15, -0.1) is 0 Å². The van der Waals surface area contributed by atoms with Crippen LogP contribution < -0.4 is 0 Å². The Morgan fingerprint density at radius 2 is 1.81 bits per heavy atom. The zero-order chi connectivity index (χ0) is 19.8. The first-order valence-electron chi connectivity index (χ1n) is 9.60. The highest BCUT2D eigenvalue weighted by molar-refractivity contribution is 5.88. The molecule has 1 atom stereocenters. The number of hydrogen-bond acceptors (Lipinski definition) is 3. The molecule has 6 nitrogen and oxygen atoms in total. The molecule has 6 heteroatoms. The molecule has 27 heavy (non-hydrogen) atoms. The molecule has 1 N–H and O–H groups in total. The first-order valence-corrected chi connectivity index (χ1v) is 9.60. The van der Waals surface area contributed by atoms with Crippen LogP contribution in [0.1, 0.15) is 55.1 Å². The maximum Gasteiger partial charge on any atom is 0.335 e. The lowest BCUT2D eigenvalue weighted by molar-refractivity contribution is -0.145. The number of hydrogen-bond donors (Lipinski definition) is 1. The summed E-state index contributed by atoms with van der Waals surface area (Å²) in [5, 5.41) is 9.19. The number of carboxylic acid groups (broad SMARTS) is 1. The molecule has 0 radical (unpaired) electrons. The van der Waals surface area contributed by atoms with Gasteiger partial charge in [-0.25, -0.2) is 4.79 Å². The Morgan fingerprint density at radius 3 is 2.48 bits per heavy atom. The zero-order valence-electron chi connectivity index (χ0n) is 16.3. The Labute approximate surface area is 160 Å². The molecular formula is C21H28N2O4. The lowest BCUT2D eigenvalue weighted by Gasteiger charge is -2.38. The molecule has 0 aliphatic carbocycles. The van der Waals surface area contributed by atoms with E-state index in [1.165, 1.54) is 0 Å².